The molecule has 0 aliphatic carbocycles. The Hall–Kier alpha value is -1.08. The summed E-state index contributed by atoms with van der Waals surface area (Å²) in [6, 6.07) is 14.0. The van der Waals surface area contributed by atoms with Gasteiger partial charge in [0.25, 0.3) is 0 Å². The fourth-order valence-electron chi connectivity index (χ4n) is 1.43. The number of ether oxygens (including phenoxy) is 1. The Balaban J connectivity index is 2.30. The highest BCUT2D eigenvalue weighted by Crippen LogP contribution is 2.24. The summed E-state index contributed by atoms with van der Waals surface area (Å²) in [4.78, 5) is 0.255. The third-order valence-corrected chi connectivity index (χ3v) is 4.05. The third-order valence-electron chi connectivity index (χ3n) is 2.27. The van der Waals surface area contributed by atoms with E-state index < -0.39 is 9.84 Å². The van der Waals surface area contributed by atoms with Crippen LogP contribution in [0.1, 0.15) is 0 Å². The average Bonchev–Trinajstić information content (AvgIpc) is 2.28. The van der Waals surface area contributed by atoms with Crippen molar-refractivity contribution in [3.8, 4) is 11.5 Å². The zero-order chi connectivity index (χ0) is 13.2. The molecule has 0 aliphatic rings. The summed E-state index contributed by atoms with van der Waals surface area (Å²) in [6.45, 7) is 0. The second-order valence-corrected chi connectivity index (χ2v) is 7.07. The van der Waals surface area contributed by atoms with Gasteiger partial charge in [-0.15, -0.1) is 0 Å². The molecule has 3 nitrogen and oxygen atoms in total. The van der Waals surface area contributed by atoms with Crippen LogP contribution in [0.25, 0.3) is 0 Å². The Morgan fingerprint density at radius 2 is 1.61 bits per heavy atom. The molecule has 0 unspecified atom stereocenters. The van der Waals surface area contributed by atoms with Gasteiger partial charge in [0.15, 0.2) is 9.84 Å². The topological polar surface area (TPSA) is 43.4 Å². The number of hydrogen-bond donors (Lipinski definition) is 0. The van der Waals surface area contributed by atoms with Crippen LogP contribution < -0.4 is 4.74 Å². The molecule has 2 aromatic carbocycles. The van der Waals surface area contributed by atoms with Crippen LogP contribution in [0.4, 0.5) is 0 Å². The molecule has 0 bridgehead atoms. The first-order chi connectivity index (χ1) is 8.45. The van der Waals surface area contributed by atoms with Crippen LogP contribution in [0.5, 0.6) is 11.5 Å². The highest BCUT2D eigenvalue weighted by molar-refractivity contribution is 14.1. The van der Waals surface area contributed by atoms with E-state index in [4.69, 9.17) is 4.74 Å². The van der Waals surface area contributed by atoms with Crippen molar-refractivity contribution in [1.82, 2.24) is 0 Å². The smallest absolute Gasteiger partial charge is 0.175 e. The van der Waals surface area contributed by atoms with Crippen LogP contribution in [-0.4, -0.2) is 14.7 Å². The Labute approximate surface area is 120 Å². The summed E-state index contributed by atoms with van der Waals surface area (Å²) in [5.74, 6) is 1.20. The zero-order valence-corrected chi connectivity index (χ0v) is 12.6. The third kappa shape index (κ3) is 3.46. The Bertz CT molecular complexity index is 665. The minimum Gasteiger partial charge on any atom is -0.457 e. The average molecular weight is 374 g/mol. The molecule has 0 aliphatic heterocycles. The lowest BCUT2D eigenvalue weighted by Crippen LogP contribution is -1.97. The van der Waals surface area contributed by atoms with Crippen molar-refractivity contribution in [3.05, 3.63) is 52.1 Å². The van der Waals surface area contributed by atoms with E-state index in [0.29, 0.717) is 11.5 Å². The molecule has 0 saturated heterocycles. The summed E-state index contributed by atoms with van der Waals surface area (Å²) in [5, 5.41) is 0. The molecule has 2 rings (SSSR count). The molecule has 94 valence electrons. The largest absolute Gasteiger partial charge is 0.457 e. The molecular formula is C13H11IO3S. The van der Waals surface area contributed by atoms with E-state index in [9.17, 15) is 8.42 Å². The van der Waals surface area contributed by atoms with Gasteiger partial charge in [-0.1, -0.05) is 12.1 Å². The summed E-state index contributed by atoms with van der Waals surface area (Å²) < 4.78 is 29.6. The fraction of sp³-hybridized carbons (Fsp3) is 0.0769. The summed E-state index contributed by atoms with van der Waals surface area (Å²) in [6.07, 6.45) is 1.18. The fourth-order valence-corrected chi connectivity index (χ4v) is 2.61. The van der Waals surface area contributed by atoms with Gasteiger partial charge in [-0.2, -0.15) is 0 Å². The summed E-state index contributed by atoms with van der Waals surface area (Å²) >= 11 is 2.19. The highest BCUT2D eigenvalue weighted by atomic mass is 127. The van der Waals surface area contributed by atoms with Crippen molar-refractivity contribution in [2.24, 2.45) is 0 Å². The standard InChI is InChI=1S/C13H11IO3S/c1-18(15,16)13-7-3-6-12(9-13)17-11-5-2-4-10(14)8-11/h2-9H,1H3. The first-order valence-electron chi connectivity index (χ1n) is 5.19. The minimum atomic E-state index is -3.21. The quantitative estimate of drug-likeness (QED) is 0.773. The zero-order valence-electron chi connectivity index (χ0n) is 9.63. The monoisotopic (exact) mass is 374 g/mol. The Kier molecular flexibility index (Phi) is 3.91. The van der Waals surface area contributed by atoms with Crippen molar-refractivity contribution in [3.63, 3.8) is 0 Å². The van der Waals surface area contributed by atoms with Crippen molar-refractivity contribution in [2.45, 2.75) is 4.90 Å². The van der Waals surface area contributed by atoms with Crippen molar-refractivity contribution < 1.29 is 13.2 Å². The van der Waals surface area contributed by atoms with E-state index in [1.165, 1.54) is 12.3 Å². The van der Waals surface area contributed by atoms with E-state index in [1.807, 2.05) is 24.3 Å². The molecule has 0 N–H and O–H groups in total. The van der Waals surface area contributed by atoms with Crippen molar-refractivity contribution >= 4 is 32.4 Å². The second-order valence-electron chi connectivity index (χ2n) is 3.81. The van der Waals surface area contributed by atoms with Gasteiger partial charge in [0, 0.05) is 9.83 Å². The van der Waals surface area contributed by atoms with E-state index >= 15 is 0 Å². The molecule has 0 heterocycles. The summed E-state index contributed by atoms with van der Waals surface area (Å²) in [7, 11) is -3.21. The molecular weight excluding hydrogens is 363 g/mol. The lowest BCUT2D eigenvalue weighted by Gasteiger charge is -2.07. The number of sulfone groups is 1. The van der Waals surface area contributed by atoms with Crippen LogP contribution in [0.15, 0.2) is 53.4 Å². The lowest BCUT2D eigenvalue weighted by molar-refractivity contribution is 0.480. The van der Waals surface area contributed by atoms with Gasteiger partial charge in [0.1, 0.15) is 11.5 Å². The van der Waals surface area contributed by atoms with Crippen LogP contribution in [0, 0.1) is 3.57 Å². The molecule has 5 heteroatoms. The predicted molar refractivity (Wildman–Crippen MR) is 78.8 cm³/mol. The molecule has 0 radical (unpaired) electrons. The molecule has 2 aromatic rings. The summed E-state index contributed by atoms with van der Waals surface area (Å²) in [5.41, 5.74) is 0. The van der Waals surface area contributed by atoms with Crippen LogP contribution in [-0.2, 0) is 9.84 Å². The molecule has 0 amide bonds. The number of hydrogen-bond acceptors (Lipinski definition) is 3. The molecule has 0 aromatic heterocycles. The van der Waals surface area contributed by atoms with Crippen LogP contribution in [0.3, 0.4) is 0 Å². The maximum absolute atomic E-state index is 11.4. The van der Waals surface area contributed by atoms with Gasteiger partial charge in [-0.25, -0.2) is 8.42 Å². The number of rotatable bonds is 3. The molecule has 0 fully saturated rings. The Morgan fingerprint density at radius 1 is 1.00 bits per heavy atom. The first-order valence-corrected chi connectivity index (χ1v) is 8.16. The maximum Gasteiger partial charge on any atom is 0.175 e. The van der Waals surface area contributed by atoms with E-state index in [2.05, 4.69) is 22.6 Å². The molecule has 18 heavy (non-hydrogen) atoms. The van der Waals surface area contributed by atoms with Gasteiger partial charge in [-0.3, -0.25) is 0 Å². The van der Waals surface area contributed by atoms with Crippen LogP contribution in [0.2, 0.25) is 0 Å². The SMILES string of the molecule is CS(=O)(=O)c1cccc(Oc2cccc(I)c2)c1. The molecule has 0 spiro atoms. The molecule has 0 atom stereocenters. The van der Waals surface area contributed by atoms with Crippen molar-refractivity contribution in [1.29, 1.82) is 0 Å². The first kappa shape index (κ1) is 13.4. The van der Waals surface area contributed by atoms with Crippen LogP contribution >= 0.6 is 22.6 Å². The normalized spacial score (nSPS) is 11.2. The number of halogens is 1. The Morgan fingerprint density at radius 3 is 2.22 bits per heavy atom. The predicted octanol–water partition coefficient (Wildman–Crippen LogP) is 3.49. The van der Waals surface area contributed by atoms with Gasteiger partial charge >= 0.3 is 0 Å². The molecule has 0 saturated carbocycles. The minimum absolute atomic E-state index is 0.255. The van der Waals surface area contributed by atoms with E-state index in [0.717, 1.165) is 3.57 Å². The van der Waals surface area contributed by atoms with Crippen molar-refractivity contribution in [2.75, 3.05) is 6.26 Å². The lowest BCUT2D eigenvalue weighted by atomic mass is 10.3. The second kappa shape index (κ2) is 5.27. The van der Waals surface area contributed by atoms with Gasteiger partial charge < -0.3 is 4.74 Å². The number of benzene rings is 2. The van der Waals surface area contributed by atoms with E-state index in [-0.39, 0.29) is 4.90 Å². The van der Waals surface area contributed by atoms with Gasteiger partial charge in [0.05, 0.1) is 4.90 Å². The maximum atomic E-state index is 11.4. The highest BCUT2D eigenvalue weighted by Gasteiger charge is 2.08. The van der Waals surface area contributed by atoms with E-state index in [1.54, 1.807) is 18.2 Å². The van der Waals surface area contributed by atoms with Gasteiger partial charge in [0.2, 0.25) is 0 Å². The van der Waals surface area contributed by atoms with Gasteiger partial charge in [-0.05, 0) is 59.0 Å².